The Morgan fingerprint density at radius 3 is 2.36 bits per heavy atom. The molecule has 0 radical (unpaired) electrons. The lowest BCUT2D eigenvalue weighted by molar-refractivity contribution is -0.113. The molecule has 7 heteroatoms. The molecule has 116 valence electrons. The zero-order valence-electron chi connectivity index (χ0n) is 11.2. The number of halogens is 4. The molecular formula is C15H11ClF3NOS. The van der Waals surface area contributed by atoms with Crippen molar-refractivity contribution in [2.45, 2.75) is 5.75 Å². The Kier molecular flexibility index (Phi) is 5.74. The van der Waals surface area contributed by atoms with Crippen LogP contribution < -0.4 is 5.32 Å². The number of anilines is 1. The maximum atomic E-state index is 13.0. The highest BCUT2D eigenvalue weighted by Crippen LogP contribution is 2.22. The molecular weight excluding hydrogens is 335 g/mol. The maximum absolute atomic E-state index is 13.0. The molecule has 22 heavy (non-hydrogen) atoms. The van der Waals surface area contributed by atoms with Gasteiger partial charge in [-0.3, -0.25) is 4.79 Å². The van der Waals surface area contributed by atoms with E-state index in [4.69, 9.17) is 11.6 Å². The van der Waals surface area contributed by atoms with E-state index in [0.717, 1.165) is 18.2 Å². The lowest BCUT2D eigenvalue weighted by Crippen LogP contribution is -2.14. The summed E-state index contributed by atoms with van der Waals surface area (Å²) in [5.74, 6) is -1.85. The van der Waals surface area contributed by atoms with Crippen LogP contribution >= 0.6 is 23.4 Å². The van der Waals surface area contributed by atoms with Gasteiger partial charge in [0.25, 0.3) is 0 Å². The predicted octanol–water partition coefficient (Wildman–Crippen LogP) is 4.63. The van der Waals surface area contributed by atoms with E-state index in [2.05, 4.69) is 5.32 Å². The highest BCUT2D eigenvalue weighted by molar-refractivity contribution is 7.99. The molecule has 1 N–H and O–H groups in total. The summed E-state index contributed by atoms with van der Waals surface area (Å²) in [5, 5.41) is 2.69. The van der Waals surface area contributed by atoms with Crippen molar-refractivity contribution in [1.29, 1.82) is 0 Å². The van der Waals surface area contributed by atoms with Crippen molar-refractivity contribution in [2.75, 3.05) is 11.1 Å². The van der Waals surface area contributed by atoms with E-state index in [9.17, 15) is 18.0 Å². The zero-order chi connectivity index (χ0) is 16.1. The van der Waals surface area contributed by atoms with Gasteiger partial charge in [0, 0.05) is 22.5 Å². The van der Waals surface area contributed by atoms with Crippen LogP contribution in [0.4, 0.5) is 18.9 Å². The summed E-state index contributed by atoms with van der Waals surface area (Å²) in [6.45, 7) is 0. The molecule has 1 amide bonds. The number of nitrogens with one attached hydrogen (secondary N) is 1. The average molecular weight is 346 g/mol. The first kappa shape index (κ1) is 16.7. The van der Waals surface area contributed by atoms with Gasteiger partial charge in [-0.2, -0.15) is 0 Å². The summed E-state index contributed by atoms with van der Waals surface area (Å²) in [5.41, 5.74) is 0.764. The van der Waals surface area contributed by atoms with Crippen molar-refractivity contribution in [1.82, 2.24) is 0 Å². The van der Waals surface area contributed by atoms with Crippen molar-refractivity contribution in [3.63, 3.8) is 0 Å². The van der Waals surface area contributed by atoms with E-state index >= 15 is 0 Å². The van der Waals surface area contributed by atoms with Crippen molar-refractivity contribution in [2.24, 2.45) is 0 Å². The Bertz CT molecular complexity index is 676. The number of carbonyl (C=O) groups excluding carboxylic acids is 1. The second kappa shape index (κ2) is 7.56. The summed E-state index contributed by atoms with van der Waals surface area (Å²) >= 11 is 7.13. The first-order chi connectivity index (χ1) is 10.4. The molecule has 2 nitrogen and oxygen atoms in total. The van der Waals surface area contributed by atoms with Crippen molar-refractivity contribution in [3.05, 3.63) is 64.4 Å². The summed E-state index contributed by atoms with van der Waals surface area (Å²) in [6, 6.07) is 6.82. The maximum Gasteiger partial charge on any atom is 0.234 e. The molecule has 0 aliphatic rings. The lowest BCUT2D eigenvalue weighted by Gasteiger charge is -2.07. The Labute approximate surface area is 134 Å². The van der Waals surface area contributed by atoms with Crippen molar-refractivity contribution < 1.29 is 18.0 Å². The molecule has 0 fully saturated rings. The van der Waals surface area contributed by atoms with Gasteiger partial charge in [-0.25, -0.2) is 13.2 Å². The SMILES string of the molecule is O=C(CSCc1ccc(F)cc1Cl)Nc1cc(F)cc(F)c1. The minimum Gasteiger partial charge on any atom is -0.325 e. The third kappa shape index (κ3) is 4.96. The standard InChI is InChI=1S/C15H11ClF3NOS/c16-14-6-10(17)2-1-9(14)7-22-8-15(21)20-13-4-11(18)3-12(19)5-13/h1-6H,7-8H2,(H,20,21). The van der Waals surface area contributed by atoms with E-state index < -0.39 is 23.4 Å². The Morgan fingerprint density at radius 2 is 1.73 bits per heavy atom. The highest BCUT2D eigenvalue weighted by Gasteiger charge is 2.07. The molecule has 2 aromatic rings. The van der Waals surface area contributed by atoms with Crippen LogP contribution in [0, 0.1) is 17.5 Å². The van der Waals surface area contributed by atoms with Crippen LogP contribution in [-0.4, -0.2) is 11.7 Å². The van der Waals surface area contributed by atoms with E-state index in [1.165, 1.54) is 23.9 Å². The summed E-state index contributed by atoms with van der Waals surface area (Å²) in [7, 11) is 0. The summed E-state index contributed by atoms with van der Waals surface area (Å²) in [4.78, 5) is 11.7. The quantitative estimate of drug-likeness (QED) is 0.856. The van der Waals surface area contributed by atoms with Gasteiger partial charge in [0.05, 0.1) is 5.75 Å². The third-order valence-corrected chi connectivity index (χ3v) is 3.99. The van der Waals surface area contributed by atoms with E-state index in [-0.39, 0.29) is 11.4 Å². The van der Waals surface area contributed by atoms with Crippen LogP contribution in [-0.2, 0) is 10.5 Å². The van der Waals surface area contributed by atoms with Crippen LogP contribution in [0.2, 0.25) is 5.02 Å². The molecule has 0 bridgehead atoms. The molecule has 0 saturated carbocycles. The molecule has 0 aliphatic heterocycles. The second-order valence-corrected chi connectivity index (χ2v) is 5.83. The Hall–Kier alpha value is -1.66. The fourth-order valence-electron chi connectivity index (χ4n) is 1.72. The van der Waals surface area contributed by atoms with Crippen LogP contribution in [0.5, 0.6) is 0 Å². The Morgan fingerprint density at radius 1 is 1.05 bits per heavy atom. The molecule has 0 saturated heterocycles. The average Bonchev–Trinajstić information content (AvgIpc) is 2.40. The molecule has 0 aromatic heterocycles. The number of thioether (sulfide) groups is 1. The van der Waals surface area contributed by atoms with Gasteiger partial charge in [0.2, 0.25) is 5.91 Å². The van der Waals surface area contributed by atoms with Gasteiger partial charge in [-0.1, -0.05) is 17.7 Å². The van der Waals surface area contributed by atoms with Crippen molar-refractivity contribution in [3.8, 4) is 0 Å². The number of carbonyl (C=O) groups is 1. The smallest absolute Gasteiger partial charge is 0.234 e. The number of hydrogen-bond donors (Lipinski definition) is 1. The number of hydrogen-bond acceptors (Lipinski definition) is 2. The normalized spacial score (nSPS) is 10.5. The summed E-state index contributed by atoms with van der Waals surface area (Å²) < 4.78 is 38.9. The van der Waals surface area contributed by atoms with Gasteiger partial charge in [0.15, 0.2) is 0 Å². The lowest BCUT2D eigenvalue weighted by atomic mass is 10.2. The molecule has 2 aromatic carbocycles. The monoisotopic (exact) mass is 345 g/mol. The first-order valence-electron chi connectivity index (χ1n) is 6.21. The van der Waals surface area contributed by atoms with E-state index in [1.54, 1.807) is 6.07 Å². The first-order valence-corrected chi connectivity index (χ1v) is 7.75. The zero-order valence-corrected chi connectivity index (χ0v) is 12.8. The molecule has 2 rings (SSSR count). The fraction of sp³-hybridized carbons (Fsp3) is 0.133. The third-order valence-electron chi connectivity index (χ3n) is 2.65. The van der Waals surface area contributed by atoms with Crippen LogP contribution in [0.1, 0.15) is 5.56 Å². The van der Waals surface area contributed by atoms with Crippen LogP contribution in [0.15, 0.2) is 36.4 Å². The fourth-order valence-corrected chi connectivity index (χ4v) is 2.86. The molecule has 0 atom stereocenters. The minimum absolute atomic E-state index is 0.0583. The largest absolute Gasteiger partial charge is 0.325 e. The summed E-state index contributed by atoms with van der Waals surface area (Å²) in [6.07, 6.45) is 0. The molecule has 0 unspecified atom stereocenters. The van der Waals surface area contributed by atoms with E-state index in [0.29, 0.717) is 16.3 Å². The second-order valence-electron chi connectivity index (χ2n) is 4.43. The molecule has 0 spiro atoms. The van der Waals surface area contributed by atoms with Gasteiger partial charge >= 0.3 is 0 Å². The van der Waals surface area contributed by atoms with Gasteiger partial charge in [-0.05, 0) is 29.8 Å². The van der Waals surface area contributed by atoms with Crippen LogP contribution in [0.3, 0.4) is 0 Å². The topological polar surface area (TPSA) is 29.1 Å². The van der Waals surface area contributed by atoms with Crippen molar-refractivity contribution >= 4 is 35.0 Å². The van der Waals surface area contributed by atoms with Gasteiger partial charge in [0.1, 0.15) is 17.5 Å². The number of rotatable bonds is 5. The Balaban J connectivity index is 1.85. The number of amides is 1. The highest BCUT2D eigenvalue weighted by atomic mass is 35.5. The predicted molar refractivity (Wildman–Crippen MR) is 82.6 cm³/mol. The minimum atomic E-state index is -0.763. The molecule has 0 heterocycles. The molecule has 0 aliphatic carbocycles. The van der Waals surface area contributed by atoms with Gasteiger partial charge in [-0.15, -0.1) is 11.8 Å². The number of benzene rings is 2. The van der Waals surface area contributed by atoms with E-state index in [1.807, 2.05) is 0 Å². The van der Waals surface area contributed by atoms with Gasteiger partial charge < -0.3 is 5.32 Å². The van der Waals surface area contributed by atoms with Crippen LogP contribution in [0.25, 0.3) is 0 Å².